The molecular formula is C16H11N3. The second-order valence-corrected chi connectivity index (χ2v) is 4.53. The quantitative estimate of drug-likeness (QED) is 0.554. The Morgan fingerprint density at radius 3 is 2.74 bits per heavy atom. The van der Waals surface area contributed by atoms with E-state index in [0.29, 0.717) is 0 Å². The Kier molecular flexibility index (Phi) is 2.12. The highest BCUT2D eigenvalue weighted by Crippen LogP contribution is 2.28. The van der Waals surface area contributed by atoms with Gasteiger partial charge in [-0.3, -0.25) is 0 Å². The lowest BCUT2D eigenvalue weighted by atomic mass is 10.1. The number of benzene rings is 2. The Hall–Kier alpha value is -2.68. The Balaban J connectivity index is 2.04. The molecule has 2 heterocycles. The molecule has 0 aliphatic carbocycles. The van der Waals surface area contributed by atoms with Gasteiger partial charge < -0.3 is 4.98 Å². The molecule has 3 heteroatoms. The Morgan fingerprint density at radius 1 is 0.947 bits per heavy atom. The van der Waals surface area contributed by atoms with Crippen molar-refractivity contribution in [1.82, 2.24) is 15.0 Å². The smallest absolute Gasteiger partial charge is 0.116 e. The van der Waals surface area contributed by atoms with Crippen LogP contribution < -0.4 is 0 Å². The first kappa shape index (κ1) is 10.3. The molecule has 0 fully saturated rings. The van der Waals surface area contributed by atoms with Crippen molar-refractivity contribution in [3.63, 3.8) is 0 Å². The first-order chi connectivity index (χ1) is 9.42. The number of nitrogens with zero attached hydrogens (tertiary/aromatic N) is 2. The van der Waals surface area contributed by atoms with Gasteiger partial charge in [0.2, 0.25) is 0 Å². The normalized spacial score (nSPS) is 11.2. The van der Waals surface area contributed by atoms with E-state index in [1.807, 2.05) is 30.5 Å². The van der Waals surface area contributed by atoms with E-state index in [0.717, 1.165) is 22.1 Å². The van der Waals surface area contributed by atoms with Gasteiger partial charge in [-0.1, -0.05) is 36.4 Å². The molecule has 0 aliphatic rings. The number of hydrogen-bond donors (Lipinski definition) is 1. The fourth-order valence-electron chi connectivity index (χ4n) is 2.43. The van der Waals surface area contributed by atoms with Crippen LogP contribution in [0.15, 0.2) is 61.1 Å². The van der Waals surface area contributed by atoms with Gasteiger partial charge in [-0.05, 0) is 17.7 Å². The van der Waals surface area contributed by atoms with Crippen molar-refractivity contribution in [3.05, 3.63) is 61.1 Å². The third-order valence-electron chi connectivity index (χ3n) is 3.37. The summed E-state index contributed by atoms with van der Waals surface area (Å²) >= 11 is 0. The minimum Gasteiger partial charge on any atom is -0.354 e. The maximum absolute atomic E-state index is 4.28. The van der Waals surface area contributed by atoms with Crippen LogP contribution >= 0.6 is 0 Å². The summed E-state index contributed by atoms with van der Waals surface area (Å²) in [7, 11) is 0. The largest absolute Gasteiger partial charge is 0.354 e. The van der Waals surface area contributed by atoms with Crippen molar-refractivity contribution < 1.29 is 0 Å². The van der Waals surface area contributed by atoms with Gasteiger partial charge in [-0.15, -0.1) is 0 Å². The zero-order valence-electron chi connectivity index (χ0n) is 10.2. The fraction of sp³-hybridized carbons (Fsp3) is 0. The van der Waals surface area contributed by atoms with Gasteiger partial charge in [-0.2, -0.15) is 0 Å². The van der Waals surface area contributed by atoms with E-state index in [1.54, 1.807) is 6.33 Å². The summed E-state index contributed by atoms with van der Waals surface area (Å²) in [6.07, 6.45) is 3.44. The minimum atomic E-state index is 0.962. The molecule has 2 aromatic heterocycles. The van der Waals surface area contributed by atoms with Crippen molar-refractivity contribution >= 4 is 21.8 Å². The molecule has 0 amide bonds. The molecule has 0 saturated carbocycles. The molecular weight excluding hydrogens is 234 g/mol. The van der Waals surface area contributed by atoms with Crippen LogP contribution in [0.1, 0.15) is 0 Å². The molecule has 4 rings (SSSR count). The summed E-state index contributed by atoms with van der Waals surface area (Å²) in [5.41, 5.74) is 4.36. The zero-order valence-corrected chi connectivity index (χ0v) is 10.2. The number of nitrogens with one attached hydrogen (secondary N) is 1. The Bertz CT molecular complexity index is 863. The van der Waals surface area contributed by atoms with Gasteiger partial charge in [-0.25, -0.2) is 9.97 Å². The standard InChI is InChI=1S/C16H11N3/c1-2-4-11(5-3-1)15-8-12-6-7-14-13(16(12)19-15)9-17-10-18-14/h1-10,19H. The molecule has 0 spiro atoms. The Morgan fingerprint density at radius 2 is 1.84 bits per heavy atom. The van der Waals surface area contributed by atoms with Crippen LogP contribution in [0.4, 0.5) is 0 Å². The van der Waals surface area contributed by atoms with E-state index >= 15 is 0 Å². The average Bonchev–Trinajstić information content (AvgIpc) is 2.93. The number of rotatable bonds is 1. The maximum Gasteiger partial charge on any atom is 0.116 e. The summed E-state index contributed by atoms with van der Waals surface area (Å²) < 4.78 is 0. The van der Waals surface area contributed by atoms with Crippen LogP contribution in [-0.4, -0.2) is 15.0 Å². The fourth-order valence-corrected chi connectivity index (χ4v) is 2.43. The van der Waals surface area contributed by atoms with Crippen molar-refractivity contribution in [2.75, 3.05) is 0 Å². The summed E-state index contributed by atoms with van der Waals surface area (Å²) in [4.78, 5) is 11.9. The van der Waals surface area contributed by atoms with Gasteiger partial charge in [0.05, 0.1) is 11.0 Å². The van der Waals surface area contributed by atoms with Crippen LogP contribution in [0, 0.1) is 0 Å². The highest BCUT2D eigenvalue weighted by atomic mass is 14.8. The van der Waals surface area contributed by atoms with E-state index in [1.165, 1.54) is 10.9 Å². The lowest BCUT2D eigenvalue weighted by Crippen LogP contribution is -1.81. The van der Waals surface area contributed by atoms with Gasteiger partial charge in [0, 0.05) is 22.7 Å². The second kappa shape index (κ2) is 3.92. The summed E-state index contributed by atoms with van der Waals surface area (Å²) in [5.74, 6) is 0. The molecule has 0 radical (unpaired) electrons. The first-order valence-electron chi connectivity index (χ1n) is 6.19. The van der Waals surface area contributed by atoms with Gasteiger partial charge >= 0.3 is 0 Å². The topological polar surface area (TPSA) is 41.6 Å². The predicted octanol–water partition coefficient (Wildman–Crippen LogP) is 3.78. The molecule has 0 aliphatic heterocycles. The molecule has 1 N–H and O–H groups in total. The number of aromatic nitrogens is 3. The lowest BCUT2D eigenvalue weighted by molar-refractivity contribution is 1.22. The van der Waals surface area contributed by atoms with Gasteiger partial charge in [0.1, 0.15) is 6.33 Å². The number of hydrogen-bond acceptors (Lipinski definition) is 2. The number of H-pyrrole nitrogens is 1. The minimum absolute atomic E-state index is 0.962. The summed E-state index contributed by atoms with van der Waals surface area (Å²) in [6, 6.07) is 16.6. The maximum atomic E-state index is 4.28. The van der Waals surface area contributed by atoms with Crippen molar-refractivity contribution in [2.45, 2.75) is 0 Å². The molecule has 0 atom stereocenters. The van der Waals surface area contributed by atoms with Crippen LogP contribution in [0.2, 0.25) is 0 Å². The monoisotopic (exact) mass is 245 g/mol. The van der Waals surface area contributed by atoms with E-state index < -0.39 is 0 Å². The van der Waals surface area contributed by atoms with Gasteiger partial charge in [0.15, 0.2) is 0 Å². The Labute approximate surface area is 110 Å². The molecule has 0 saturated heterocycles. The van der Waals surface area contributed by atoms with Crippen LogP contribution in [0.3, 0.4) is 0 Å². The number of aromatic amines is 1. The summed E-state index contributed by atoms with van der Waals surface area (Å²) in [6.45, 7) is 0. The van der Waals surface area contributed by atoms with Crippen molar-refractivity contribution in [2.24, 2.45) is 0 Å². The SMILES string of the molecule is c1ccc(-c2cc3ccc4ncncc4c3[nH]2)cc1. The van der Waals surface area contributed by atoms with Crippen LogP contribution in [0.5, 0.6) is 0 Å². The second-order valence-electron chi connectivity index (χ2n) is 4.53. The molecule has 4 aromatic rings. The van der Waals surface area contributed by atoms with Gasteiger partial charge in [0.25, 0.3) is 0 Å². The molecule has 19 heavy (non-hydrogen) atoms. The highest BCUT2D eigenvalue weighted by Gasteiger charge is 2.06. The molecule has 0 bridgehead atoms. The van der Waals surface area contributed by atoms with E-state index in [-0.39, 0.29) is 0 Å². The zero-order chi connectivity index (χ0) is 12.7. The van der Waals surface area contributed by atoms with E-state index in [4.69, 9.17) is 0 Å². The molecule has 90 valence electrons. The average molecular weight is 245 g/mol. The third kappa shape index (κ3) is 1.59. The first-order valence-corrected chi connectivity index (χ1v) is 6.19. The van der Waals surface area contributed by atoms with E-state index in [2.05, 4.69) is 39.2 Å². The molecule has 2 aromatic carbocycles. The van der Waals surface area contributed by atoms with Crippen LogP contribution in [0.25, 0.3) is 33.1 Å². The third-order valence-corrected chi connectivity index (χ3v) is 3.37. The van der Waals surface area contributed by atoms with E-state index in [9.17, 15) is 0 Å². The predicted molar refractivity (Wildman–Crippen MR) is 76.8 cm³/mol. The lowest BCUT2D eigenvalue weighted by Gasteiger charge is -1.97. The molecule has 3 nitrogen and oxygen atoms in total. The van der Waals surface area contributed by atoms with Crippen LogP contribution in [-0.2, 0) is 0 Å². The summed E-state index contributed by atoms with van der Waals surface area (Å²) in [5, 5.41) is 2.24. The number of fused-ring (bicyclic) bond motifs is 3. The van der Waals surface area contributed by atoms with Crippen molar-refractivity contribution in [1.29, 1.82) is 0 Å². The van der Waals surface area contributed by atoms with Crippen molar-refractivity contribution in [3.8, 4) is 11.3 Å². The molecule has 0 unspecified atom stereocenters. The highest BCUT2D eigenvalue weighted by molar-refractivity contribution is 6.05.